The van der Waals surface area contributed by atoms with Gasteiger partial charge in [0.2, 0.25) is 0 Å². The maximum Gasteiger partial charge on any atom is 0.256 e. The number of fused-ring (bicyclic) bond motifs is 1. The van der Waals surface area contributed by atoms with Crippen molar-refractivity contribution in [2.45, 2.75) is 58.9 Å². The Morgan fingerprint density at radius 1 is 1.06 bits per heavy atom. The molecule has 0 bridgehead atoms. The second kappa shape index (κ2) is 7.40. The van der Waals surface area contributed by atoms with Crippen LogP contribution in [0.1, 0.15) is 69.7 Å². The van der Waals surface area contributed by atoms with Crippen molar-refractivity contribution in [1.82, 2.24) is 14.8 Å². The summed E-state index contributed by atoms with van der Waals surface area (Å²) < 4.78 is 25.9. The summed E-state index contributed by atoms with van der Waals surface area (Å²) in [6.45, 7) is 7.90. The molecule has 1 saturated carbocycles. The number of sulfone groups is 1. The third-order valence-corrected chi connectivity index (χ3v) is 8.32. The second-order valence-electron chi connectivity index (χ2n) is 9.38. The normalized spacial score (nSPS) is 20.1. The highest BCUT2D eigenvalue weighted by molar-refractivity contribution is 7.91. The van der Waals surface area contributed by atoms with Gasteiger partial charge in [-0.1, -0.05) is 17.7 Å². The van der Waals surface area contributed by atoms with E-state index >= 15 is 0 Å². The van der Waals surface area contributed by atoms with E-state index in [1.807, 2.05) is 33.8 Å². The minimum absolute atomic E-state index is 0.0713. The Morgan fingerprint density at radius 3 is 2.34 bits per heavy atom. The van der Waals surface area contributed by atoms with E-state index in [2.05, 4.69) is 22.5 Å². The van der Waals surface area contributed by atoms with Crippen LogP contribution < -0.4 is 5.32 Å². The molecule has 5 rings (SSSR count). The van der Waals surface area contributed by atoms with Gasteiger partial charge in [0.1, 0.15) is 0 Å². The quantitative estimate of drug-likeness (QED) is 0.642. The molecule has 1 aliphatic heterocycles. The molecule has 1 N–H and O–H groups in total. The molecule has 1 aliphatic carbocycles. The number of nitrogens with one attached hydrogen (secondary N) is 1. The molecule has 7 nitrogen and oxygen atoms in total. The van der Waals surface area contributed by atoms with Gasteiger partial charge in [-0.3, -0.25) is 4.79 Å². The first-order valence-electron chi connectivity index (χ1n) is 11.1. The van der Waals surface area contributed by atoms with E-state index in [-0.39, 0.29) is 23.5 Å². The highest BCUT2D eigenvalue weighted by Crippen LogP contribution is 2.41. The van der Waals surface area contributed by atoms with Crippen LogP contribution in [0.25, 0.3) is 11.0 Å². The van der Waals surface area contributed by atoms with Crippen molar-refractivity contribution in [2.75, 3.05) is 16.8 Å². The number of pyridine rings is 1. The van der Waals surface area contributed by atoms with Crippen LogP contribution in [-0.4, -0.2) is 40.6 Å². The summed E-state index contributed by atoms with van der Waals surface area (Å²) in [5, 5.41) is 8.49. The van der Waals surface area contributed by atoms with Crippen molar-refractivity contribution in [3.8, 4) is 0 Å². The first-order valence-corrected chi connectivity index (χ1v) is 12.9. The predicted octanol–water partition coefficient (Wildman–Crippen LogP) is 4.15. The van der Waals surface area contributed by atoms with E-state index in [0.717, 1.165) is 40.9 Å². The fraction of sp³-hybridized carbons (Fsp3) is 0.458. The van der Waals surface area contributed by atoms with Crippen molar-refractivity contribution in [3.05, 3.63) is 51.8 Å². The van der Waals surface area contributed by atoms with Crippen LogP contribution in [0.3, 0.4) is 0 Å². The van der Waals surface area contributed by atoms with Crippen molar-refractivity contribution >= 4 is 32.5 Å². The zero-order valence-electron chi connectivity index (χ0n) is 18.9. The van der Waals surface area contributed by atoms with Crippen molar-refractivity contribution in [2.24, 2.45) is 0 Å². The molecule has 2 aliphatic rings. The molecule has 3 heterocycles. The van der Waals surface area contributed by atoms with Gasteiger partial charge in [-0.05, 0) is 64.2 Å². The van der Waals surface area contributed by atoms with Gasteiger partial charge in [-0.2, -0.15) is 5.10 Å². The number of rotatable bonds is 4. The minimum atomic E-state index is -3.07. The number of carbonyl (C=O) groups is 1. The van der Waals surface area contributed by atoms with E-state index in [1.54, 1.807) is 4.68 Å². The van der Waals surface area contributed by atoms with Crippen LogP contribution in [0.4, 0.5) is 5.69 Å². The molecule has 1 atom stereocenters. The van der Waals surface area contributed by atoms with Gasteiger partial charge in [-0.15, -0.1) is 0 Å². The molecule has 1 amide bonds. The van der Waals surface area contributed by atoms with E-state index in [9.17, 15) is 13.2 Å². The lowest BCUT2D eigenvalue weighted by atomic mass is 10.0. The maximum atomic E-state index is 13.5. The predicted molar refractivity (Wildman–Crippen MR) is 125 cm³/mol. The number of hydrogen-bond donors (Lipinski definition) is 1. The Morgan fingerprint density at radius 2 is 1.75 bits per heavy atom. The van der Waals surface area contributed by atoms with Crippen molar-refractivity contribution < 1.29 is 13.2 Å². The number of aromatic nitrogens is 3. The third-order valence-electron chi connectivity index (χ3n) is 6.57. The van der Waals surface area contributed by atoms with Gasteiger partial charge in [0, 0.05) is 17.3 Å². The molecule has 1 saturated heterocycles. The number of anilines is 1. The van der Waals surface area contributed by atoms with Gasteiger partial charge in [0.05, 0.1) is 34.2 Å². The largest absolute Gasteiger partial charge is 0.321 e. The summed E-state index contributed by atoms with van der Waals surface area (Å²) in [7, 11) is -3.07. The van der Waals surface area contributed by atoms with Crippen LogP contribution in [0.5, 0.6) is 0 Å². The summed E-state index contributed by atoms with van der Waals surface area (Å²) in [4.78, 5) is 18.4. The lowest BCUT2D eigenvalue weighted by molar-refractivity contribution is 0.102. The Hall–Kier alpha value is -2.74. The average molecular weight is 453 g/mol. The van der Waals surface area contributed by atoms with Gasteiger partial charge in [0.15, 0.2) is 15.5 Å². The van der Waals surface area contributed by atoms with E-state index in [4.69, 9.17) is 4.98 Å². The molecule has 3 aromatic rings. The molecule has 0 radical (unpaired) electrons. The smallest absolute Gasteiger partial charge is 0.256 e. The zero-order chi connectivity index (χ0) is 22.8. The maximum absolute atomic E-state index is 13.5. The lowest BCUT2D eigenvalue weighted by Crippen LogP contribution is -2.16. The summed E-state index contributed by atoms with van der Waals surface area (Å²) in [5.74, 6) is 0.405. The Kier molecular flexibility index (Phi) is 4.89. The number of nitrogens with zero attached hydrogens (tertiary/aromatic N) is 3. The SMILES string of the molecule is Cc1cc(C)c(NC(=O)c2cc(C3CC3)nc3c2c(C)nn3[C@@H]2CCS(=O)(=O)C2)c(C)c1. The summed E-state index contributed by atoms with van der Waals surface area (Å²) in [5.41, 5.74) is 6.79. The molecule has 8 heteroatoms. The van der Waals surface area contributed by atoms with Crippen LogP contribution in [0, 0.1) is 27.7 Å². The van der Waals surface area contributed by atoms with Crippen LogP contribution in [0.15, 0.2) is 18.2 Å². The molecular weight excluding hydrogens is 424 g/mol. The van der Waals surface area contributed by atoms with Gasteiger partial charge in [-0.25, -0.2) is 18.1 Å². The van der Waals surface area contributed by atoms with Crippen LogP contribution in [-0.2, 0) is 9.84 Å². The summed E-state index contributed by atoms with van der Waals surface area (Å²) in [6, 6.07) is 5.78. The summed E-state index contributed by atoms with van der Waals surface area (Å²) in [6.07, 6.45) is 2.64. The molecule has 0 unspecified atom stereocenters. The Balaban J connectivity index is 1.62. The number of carbonyl (C=O) groups excluding carboxylic acids is 1. The molecule has 2 aromatic heterocycles. The number of benzene rings is 1. The molecule has 0 spiro atoms. The molecule has 32 heavy (non-hydrogen) atoms. The van der Waals surface area contributed by atoms with E-state index < -0.39 is 9.84 Å². The van der Waals surface area contributed by atoms with Crippen LogP contribution in [0.2, 0.25) is 0 Å². The van der Waals surface area contributed by atoms with E-state index in [1.165, 1.54) is 0 Å². The first kappa shape index (κ1) is 21.1. The summed E-state index contributed by atoms with van der Waals surface area (Å²) >= 11 is 0. The standard InChI is InChI=1S/C24H28N4O3S/c1-13-9-14(2)22(15(3)10-13)26-24(29)19-11-20(17-5-6-17)25-23-21(19)16(4)27-28(23)18-7-8-32(30,31)12-18/h9-11,17-18H,5-8,12H2,1-4H3,(H,26,29)/t18-/m1/s1. The monoisotopic (exact) mass is 452 g/mol. The van der Waals surface area contributed by atoms with Crippen molar-refractivity contribution in [3.63, 3.8) is 0 Å². The fourth-order valence-corrected chi connectivity index (χ4v) is 6.57. The third kappa shape index (κ3) is 3.70. The fourth-order valence-electron chi connectivity index (χ4n) is 4.88. The van der Waals surface area contributed by atoms with Crippen molar-refractivity contribution in [1.29, 1.82) is 0 Å². The highest BCUT2D eigenvalue weighted by Gasteiger charge is 2.34. The van der Waals surface area contributed by atoms with Gasteiger partial charge < -0.3 is 5.32 Å². The topological polar surface area (TPSA) is 93.9 Å². The lowest BCUT2D eigenvalue weighted by Gasteiger charge is -2.15. The average Bonchev–Trinajstić information content (AvgIpc) is 3.43. The zero-order valence-corrected chi connectivity index (χ0v) is 19.7. The molecular formula is C24H28N4O3S. The molecule has 168 valence electrons. The minimum Gasteiger partial charge on any atom is -0.321 e. The first-order chi connectivity index (χ1) is 15.1. The number of aryl methyl sites for hydroxylation is 4. The van der Waals surface area contributed by atoms with Gasteiger partial charge in [0.25, 0.3) is 5.91 Å². The highest BCUT2D eigenvalue weighted by atomic mass is 32.2. The number of hydrogen-bond acceptors (Lipinski definition) is 5. The Labute approximate surface area is 188 Å². The van der Waals surface area contributed by atoms with Crippen LogP contribution >= 0.6 is 0 Å². The Bertz CT molecular complexity index is 1350. The number of amides is 1. The van der Waals surface area contributed by atoms with E-state index in [0.29, 0.717) is 34.6 Å². The van der Waals surface area contributed by atoms with Gasteiger partial charge >= 0.3 is 0 Å². The molecule has 2 fully saturated rings. The second-order valence-corrected chi connectivity index (χ2v) is 11.6. The molecule has 1 aromatic carbocycles.